The number of nitrogens with one attached hydrogen (secondary N) is 1. The van der Waals surface area contributed by atoms with E-state index in [-0.39, 0.29) is 23.5 Å². The maximum atomic E-state index is 13.8. The summed E-state index contributed by atoms with van der Waals surface area (Å²) in [6, 6.07) is 6.67. The van der Waals surface area contributed by atoms with Crippen LogP contribution >= 0.6 is 11.8 Å². The predicted octanol–water partition coefficient (Wildman–Crippen LogP) is 1.90. The fourth-order valence-corrected chi connectivity index (χ4v) is 2.30. The van der Waals surface area contributed by atoms with Crippen LogP contribution in [0.15, 0.2) is 18.2 Å². The maximum Gasteiger partial charge on any atom is 0.145 e. The lowest BCUT2D eigenvalue weighted by Crippen LogP contribution is -2.37. The molecule has 1 aromatic carbocycles. The first-order valence-corrected chi connectivity index (χ1v) is 6.97. The fraction of sp³-hybridized carbons (Fsp3) is 0.462. The van der Waals surface area contributed by atoms with Crippen LogP contribution in [-0.4, -0.2) is 29.3 Å². The molecule has 0 aliphatic rings. The number of hydrogen-bond donors (Lipinski definition) is 2. The molecule has 0 radical (unpaired) electrons. The van der Waals surface area contributed by atoms with Gasteiger partial charge in [0.05, 0.1) is 12.2 Å². The Morgan fingerprint density at radius 3 is 2.83 bits per heavy atom. The van der Waals surface area contributed by atoms with E-state index in [0.29, 0.717) is 12.1 Å². The average molecular weight is 268 g/mol. The molecule has 0 saturated heterocycles. The van der Waals surface area contributed by atoms with E-state index >= 15 is 0 Å². The van der Waals surface area contributed by atoms with E-state index in [1.807, 2.05) is 19.2 Å². The van der Waals surface area contributed by atoms with Crippen LogP contribution in [0.25, 0.3) is 0 Å². The topological polar surface area (TPSA) is 56.0 Å². The van der Waals surface area contributed by atoms with Gasteiger partial charge in [-0.2, -0.15) is 17.0 Å². The number of nitrogens with zero attached hydrogens (tertiary/aromatic N) is 1. The van der Waals surface area contributed by atoms with Gasteiger partial charge in [-0.3, -0.25) is 0 Å². The van der Waals surface area contributed by atoms with E-state index in [0.717, 1.165) is 0 Å². The van der Waals surface area contributed by atoms with Crippen molar-refractivity contribution in [3.63, 3.8) is 0 Å². The Bertz CT molecular complexity index is 429. The third kappa shape index (κ3) is 3.70. The van der Waals surface area contributed by atoms with E-state index < -0.39 is 5.82 Å². The van der Waals surface area contributed by atoms with Gasteiger partial charge < -0.3 is 10.4 Å². The van der Waals surface area contributed by atoms with Crippen molar-refractivity contribution in [2.24, 2.45) is 0 Å². The number of nitriles is 1. The SMILES string of the molecule is CSC(CO)C(C)NCc1cccc(C#N)c1F. The van der Waals surface area contributed by atoms with Crippen molar-refractivity contribution in [1.29, 1.82) is 5.26 Å². The summed E-state index contributed by atoms with van der Waals surface area (Å²) in [5, 5.41) is 21.1. The minimum atomic E-state index is -0.468. The van der Waals surface area contributed by atoms with Crippen LogP contribution in [0.3, 0.4) is 0 Å². The number of benzene rings is 1. The molecule has 1 aromatic rings. The molecule has 0 spiro atoms. The van der Waals surface area contributed by atoms with Gasteiger partial charge in [0.2, 0.25) is 0 Å². The van der Waals surface area contributed by atoms with Crippen LogP contribution in [0.1, 0.15) is 18.1 Å². The predicted molar refractivity (Wildman–Crippen MR) is 71.8 cm³/mol. The van der Waals surface area contributed by atoms with E-state index in [4.69, 9.17) is 10.4 Å². The molecule has 1 rings (SSSR count). The molecule has 2 N–H and O–H groups in total. The van der Waals surface area contributed by atoms with Crippen LogP contribution in [0, 0.1) is 17.1 Å². The lowest BCUT2D eigenvalue weighted by molar-refractivity contribution is 0.275. The monoisotopic (exact) mass is 268 g/mol. The Kier molecular flexibility index (Phi) is 6.13. The fourth-order valence-electron chi connectivity index (χ4n) is 1.64. The van der Waals surface area contributed by atoms with Gasteiger partial charge in [-0.05, 0) is 19.2 Å². The Hall–Kier alpha value is -1.09. The molecule has 3 nitrogen and oxygen atoms in total. The van der Waals surface area contributed by atoms with Gasteiger partial charge in [0.15, 0.2) is 0 Å². The van der Waals surface area contributed by atoms with Gasteiger partial charge in [-0.15, -0.1) is 0 Å². The lowest BCUT2D eigenvalue weighted by atomic mass is 10.1. The molecule has 0 amide bonds. The van der Waals surface area contributed by atoms with Crippen molar-refractivity contribution in [1.82, 2.24) is 5.32 Å². The molecule has 2 unspecified atom stereocenters. The highest BCUT2D eigenvalue weighted by Gasteiger charge is 2.15. The second-order valence-electron chi connectivity index (χ2n) is 4.02. The van der Waals surface area contributed by atoms with Gasteiger partial charge in [-0.25, -0.2) is 4.39 Å². The molecule has 0 fully saturated rings. The molecule has 5 heteroatoms. The van der Waals surface area contributed by atoms with E-state index in [9.17, 15) is 4.39 Å². The summed E-state index contributed by atoms with van der Waals surface area (Å²) in [6.07, 6.45) is 1.93. The molecule has 0 aromatic heterocycles. The third-order valence-corrected chi connectivity index (χ3v) is 4.02. The summed E-state index contributed by atoms with van der Waals surface area (Å²) in [6.45, 7) is 2.37. The highest BCUT2D eigenvalue weighted by molar-refractivity contribution is 7.99. The summed E-state index contributed by atoms with van der Waals surface area (Å²) in [4.78, 5) is 0. The first kappa shape index (κ1) is 15.0. The van der Waals surface area contributed by atoms with Crippen LogP contribution in [0.4, 0.5) is 4.39 Å². The normalized spacial score (nSPS) is 13.9. The smallest absolute Gasteiger partial charge is 0.145 e. The lowest BCUT2D eigenvalue weighted by Gasteiger charge is -2.21. The molecule has 0 aliphatic carbocycles. The molecular formula is C13H17FN2OS. The first-order chi connectivity index (χ1) is 8.63. The summed E-state index contributed by atoms with van der Waals surface area (Å²) in [5.41, 5.74) is 0.532. The summed E-state index contributed by atoms with van der Waals surface area (Å²) in [5.74, 6) is -0.468. The zero-order chi connectivity index (χ0) is 13.5. The second kappa shape index (κ2) is 7.37. The van der Waals surface area contributed by atoms with Crippen molar-refractivity contribution in [3.8, 4) is 6.07 Å². The Labute approximate surface area is 111 Å². The largest absolute Gasteiger partial charge is 0.395 e. The molecule has 2 atom stereocenters. The van der Waals surface area contributed by atoms with Gasteiger partial charge in [-0.1, -0.05) is 12.1 Å². The number of thioether (sulfide) groups is 1. The van der Waals surface area contributed by atoms with Crippen molar-refractivity contribution < 1.29 is 9.50 Å². The summed E-state index contributed by atoms with van der Waals surface area (Å²) in [7, 11) is 0. The molecule has 0 heterocycles. The van der Waals surface area contributed by atoms with Crippen molar-refractivity contribution in [3.05, 3.63) is 35.1 Å². The highest BCUT2D eigenvalue weighted by atomic mass is 32.2. The van der Waals surface area contributed by atoms with E-state index in [1.165, 1.54) is 6.07 Å². The molecular weight excluding hydrogens is 251 g/mol. The number of rotatable bonds is 6. The summed E-state index contributed by atoms with van der Waals surface area (Å²) >= 11 is 1.57. The van der Waals surface area contributed by atoms with E-state index in [2.05, 4.69) is 5.32 Å². The van der Waals surface area contributed by atoms with Crippen LogP contribution in [0.5, 0.6) is 0 Å². The number of halogens is 1. The summed E-state index contributed by atoms with van der Waals surface area (Å²) < 4.78 is 13.8. The maximum absolute atomic E-state index is 13.8. The van der Waals surface area contributed by atoms with Crippen LogP contribution < -0.4 is 5.32 Å². The number of aliphatic hydroxyl groups is 1. The molecule has 0 aliphatic heterocycles. The number of hydrogen-bond acceptors (Lipinski definition) is 4. The average Bonchev–Trinajstić information content (AvgIpc) is 2.39. The van der Waals surface area contributed by atoms with Crippen molar-refractivity contribution in [2.75, 3.05) is 12.9 Å². The van der Waals surface area contributed by atoms with Gasteiger partial charge in [0.1, 0.15) is 11.9 Å². The highest BCUT2D eigenvalue weighted by Crippen LogP contribution is 2.14. The molecule has 0 saturated carbocycles. The first-order valence-electron chi connectivity index (χ1n) is 5.68. The minimum absolute atomic E-state index is 0.0607. The van der Waals surface area contributed by atoms with Gasteiger partial charge in [0, 0.05) is 23.4 Å². The second-order valence-corrected chi connectivity index (χ2v) is 5.09. The third-order valence-electron chi connectivity index (χ3n) is 2.85. The van der Waals surface area contributed by atoms with Crippen LogP contribution in [0.2, 0.25) is 0 Å². The molecule has 18 heavy (non-hydrogen) atoms. The van der Waals surface area contributed by atoms with Crippen molar-refractivity contribution >= 4 is 11.8 Å². The van der Waals surface area contributed by atoms with Gasteiger partial charge in [0.25, 0.3) is 0 Å². The standard InChI is InChI=1S/C13H17FN2OS/c1-9(12(8-17)18-2)16-7-11-5-3-4-10(6-15)13(11)14/h3-5,9,12,16-17H,7-8H2,1-2H3. The molecule has 0 bridgehead atoms. The Morgan fingerprint density at radius 1 is 1.56 bits per heavy atom. The Balaban J connectivity index is 2.67. The minimum Gasteiger partial charge on any atom is -0.395 e. The quantitative estimate of drug-likeness (QED) is 0.827. The molecule has 98 valence electrons. The zero-order valence-corrected chi connectivity index (χ0v) is 11.3. The van der Waals surface area contributed by atoms with Crippen LogP contribution in [-0.2, 0) is 6.54 Å². The van der Waals surface area contributed by atoms with E-state index in [1.54, 1.807) is 23.9 Å². The zero-order valence-electron chi connectivity index (χ0n) is 10.5. The van der Waals surface area contributed by atoms with Gasteiger partial charge >= 0.3 is 0 Å². The Morgan fingerprint density at radius 2 is 2.28 bits per heavy atom. The van der Waals surface area contributed by atoms with Crippen molar-refractivity contribution in [2.45, 2.75) is 24.8 Å². The number of aliphatic hydroxyl groups excluding tert-OH is 1.